The third-order valence-electron chi connectivity index (χ3n) is 2.64. The molecule has 0 saturated heterocycles. The zero-order chi connectivity index (χ0) is 8.27. The molecule has 0 spiro atoms. The standard InChI is InChI=1S/C10H19N/c1-3-9-7-10(9)6-8(2)4-5-11/h3,8-10H,1,4-7,11H2,2H3. The average Bonchev–Trinajstić information content (AvgIpc) is 2.68. The fourth-order valence-electron chi connectivity index (χ4n) is 1.75. The van der Waals surface area contributed by atoms with Crippen molar-refractivity contribution in [3.63, 3.8) is 0 Å². The van der Waals surface area contributed by atoms with Crippen LogP contribution >= 0.6 is 0 Å². The Kier molecular flexibility index (Phi) is 3.13. The molecule has 0 amide bonds. The van der Waals surface area contributed by atoms with Gasteiger partial charge in [0, 0.05) is 0 Å². The van der Waals surface area contributed by atoms with Gasteiger partial charge in [-0.25, -0.2) is 0 Å². The van der Waals surface area contributed by atoms with Gasteiger partial charge in [-0.1, -0.05) is 13.0 Å². The van der Waals surface area contributed by atoms with Crippen LogP contribution in [0.15, 0.2) is 12.7 Å². The Morgan fingerprint density at radius 2 is 2.45 bits per heavy atom. The first-order valence-corrected chi connectivity index (χ1v) is 4.60. The molecule has 1 aliphatic rings. The van der Waals surface area contributed by atoms with E-state index < -0.39 is 0 Å². The van der Waals surface area contributed by atoms with Crippen molar-refractivity contribution in [2.24, 2.45) is 23.5 Å². The molecule has 2 N–H and O–H groups in total. The van der Waals surface area contributed by atoms with Crippen LogP contribution in [-0.2, 0) is 0 Å². The van der Waals surface area contributed by atoms with Crippen LogP contribution in [0.2, 0.25) is 0 Å². The van der Waals surface area contributed by atoms with Gasteiger partial charge in [-0.05, 0) is 43.6 Å². The van der Waals surface area contributed by atoms with Gasteiger partial charge in [0.15, 0.2) is 0 Å². The van der Waals surface area contributed by atoms with Gasteiger partial charge in [0.2, 0.25) is 0 Å². The van der Waals surface area contributed by atoms with Gasteiger partial charge in [-0.15, -0.1) is 6.58 Å². The molecule has 1 saturated carbocycles. The highest BCUT2D eigenvalue weighted by Gasteiger charge is 2.34. The van der Waals surface area contributed by atoms with Gasteiger partial charge in [0.1, 0.15) is 0 Å². The van der Waals surface area contributed by atoms with Crippen LogP contribution in [0.1, 0.15) is 26.2 Å². The van der Waals surface area contributed by atoms with Crippen molar-refractivity contribution in [3.8, 4) is 0 Å². The van der Waals surface area contributed by atoms with Gasteiger partial charge < -0.3 is 5.73 Å². The molecule has 0 aliphatic heterocycles. The van der Waals surface area contributed by atoms with E-state index in [1.165, 1.54) is 19.3 Å². The Hall–Kier alpha value is -0.300. The summed E-state index contributed by atoms with van der Waals surface area (Å²) in [5.74, 6) is 2.58. The van der Waals surface area contributed by atoms with E-state index in [9.17, 15) is 0 Å². The predicted octanol–water partition coefficient (Wildman–Crippen LogP) is 2.18. The van der Waals surface area contributed by atoms with Crippen LogP contribution in [0.25, 0.3) is 0 Å². The summed E-state index contributed by atoms with van der Waals surface area (Å²) in [6.07, 6.45) is 6.01. The Morgan fingerprint density at radius 1 is 1.73 bits per heavy atom. The fraction of sp³-hybridized carbons (Fsp3) is 0.800. The lowest BCUT2D eigenvalue weighted by Gasteiger charge is -2.07. The first-order valence-electron chi connectivity index (χ1n) is 4.60. The highest BCUT2D eigenvalue weighted by molar-refractivity contribution is 4.98. The van der Waals surface area contributed by atoms with Crippen molar-refractivity contribution in [3.05, 3.63) is 12.7 Å². The van der Waals surface area contributed by atoms with E-state index in [1.54, 1.807) is 0 Å². The summed E-state index contributed by atoms with van der Waals surface area (Å²) in [5.41, 5.74) is 5.47. The molecule has 1 nitrogen and oxygen atoms in total. The summed E-state index contributed by atoms with van der Waals surface area (Å²) < 4.78 is 0. The van der Waals surface area contributed by atoms with Gasteiger partial charge in [0.05, 0.1) is 0 Å². The second-order valence-electron chi connectivity index (χ2n) is 3.81. The number of hydrogen-bond donors (Lipinski definition) is 1. The second-order valence-corrected chi connectivity index (χ2v) is 3.81. The minimum Gasteiger partial charge on any atom is -0.330 e. The molecule has 1 heteroatoms. The van der Waals surface area contributed by atoms with E-state index in [0.29, 0.717) is 0 Å². The number of nitrogens with two attached hydrogens (primary N) is 1. The first kappa shape index (κ1) is 8.79. The molecule has 1 fully saturated rings. The van der Waals surface area contributed by atoms with Crippen molar-refractivity contribution in [2.45, 2.75) is 26.2 Å². The van der Waals surface area contributed by atoms with Gasteiger partial charge >= 0.3 is 0 Å². The van der Waals surface area contributed by atoms with Crippen LogP contribution in [0.3, 0.4) is 0 Å². The highest BCUT2D eigenvalue weighted by atomic mass is 14.5. The summed E-state index contributed by atoms with van der Waals surface area (Å²) in [4.78, 5) is 0. The van der Waals surface area contributed by atoms with Crippen molar-refractivity contribution in [2.75, 3.05) is 6.54 Å². The Balaban J connectivity index is 2.07. The normalized spacial score (nSPS) is 31.5. The molecular formula is C10H19N. The van der Waals surface area contributed by atoms with E-state index in [1.807, 2.05) is 0 Å². The largest absolute Gasteiger partial charge is 0.330 e. The molecule has 0 bridgehead atoms. The fourth-order valence-corrected chi connectivity index (χ4v) is 1.75. The molecular weight excluding hydrogens is 134 g/mol. The topological polar surface area (TPSA) is 26.0 Å². The number of allylic oxidation sites excluding steroid dienone is 1. The summed E-state index contributed by atoms with van der Waals surface area (Å²) >= 11 is 0. The Labute approximate surface area is 69.7 Å². The summed E-state index contributed by atoms with van der Waals surface area (Å²) in [7, 11) is 0. The van der Waals surface area contributed by atoms with Crippen LogP contribution in [0, 0.1) is 17.8 Å². The minimum atomic E-state index is 0.815. The number of hydrogen-bond acceptors (Lipinski definition) is 1. The zero-order valence-electron chi connectivity index (χ0n) is 7.42. The summed E-state index contributed by atoms with van der Waals surface area (Å²) in [6.45, 7) is 6.94. The van der Waals surface area contributed by atoms with E-state index in [-0.39, 0.29) is 0 Å². The molecule has 0 heterocycles. The molecule has 0 aromatic rings. The van der Waals surface area contributed by atoms with Gasteiger partial charge in [-0.2, -0.15) is 0 Å². The van der Waals surface area contributed by atoms with Crippen molar-refractivity contribution in [1.29, 1.82) is 0 Å². The average molecular weight is 153 g/mol. The molecule has 11 heavy (non-hydrogen) atoms. The molecule has 64 valence electrons. The van der Waals surface area contributed by atoms with Crippen molar-refractivity contribution in [1.82, 2.24) is 0 Å². The van der Waals surface area contributed by atoms with Gasteiger partial charge in [-0.3, -0.25) is 0 Å². The molecule has 1 aliphatic carbocycles. The molecule has 3 atom stereocenters. The number of rotatable bonds is 5. The molecule has 0 aromatic carbocycles. The zero-order valence-corrected chi connectivity index (χ0v) is 7.42. The maximum Gasteiger partial charge on any atom is -0.00747 e. The first-order chi connectivity index (χ1) is 5.27. The third-order valence-corrected chi connectivity index (χ3v) is 2.64. The third kappa shape index (κ3) is 2.66. The summed E-state index contributed by atoms with van der Waals surface area (Å²) in [5, 5.41) is 0. The predicted molar refractivity (Wildman–Crippen MR) is 49.2 cm³/mol. The second kappa shape index (κ2) is 3.91. The lowest BCUT2D eigenvalue weighted by Crippen LogP contribution is -2.06. The van der Waals surface area contributed by atoms with E-state index in [0.717, 1.165) is 24.3 Å². The lowest BCUT2D eigenvalue weighted by molar-refractivity contribution is 0.461. The SMILES string of the molecule is C=CC1CC1CC(C)CCN. The maximum atomic E-state index is 5.47. The molecule has 3 unspecified atom stereocenters. The van der Waals surface area contributed by atoms with E-state index in [4.69, 9.17) is 5.73 Å². The summed E-state index contributed by atoms with van der Waals surface area (Å²) in [6, 6.07) is 0. The monoisotopic (exact) mass is 153 g/mol. The maximum absolute atomic E-state index is 5.47. The quantitative estimate of drug-likeness (QED) is 0.602. The Bertz CT molecular complexity index is 131. The van der Waals surface area contributed by atoms with Crippen LogP contribution < -0.4 is 5.73 Å². The molecule has 0 aromatic heterocycles. The van der Waals surface area contributed by atoms with Crippen LogP contribution in [0.5, 0.6) is 0 Å². The smallest absolute Gasteiger partial charge is 0.00747 e. The molecule has 1 rings (SSSR count). The minimum absolute atomic E-state index is 0.815. The van der Waals surface area contributed by atoms with Crippen molar-refractivity contribution < 1.29 is 0 Å². The highest BCUT2D eigenvalue weighted by Crippen LogP contribution is 2.44. The van der Waals surface area contributed by atoms with E-state index in [2.05, 4.69) is 19.6 Å². The van der Waals surface area contributed by atoms with Crippen molar-refractivity contribution >= 4 is 0 Å². The van der Waals surface area contributed by atoms with E-state index >= 15 is 0 Å². The van der Waals surface area contributed by atoms with Crippen LogP contribution in [0.4, 0.5) is 0 Å². The van der Waals surface area contributed by atoms with Crippen LogP contribution in [-0.4, -0.2) is 6.54 Å². The molecule has 0 radical (unpaired) electrons. The Morgan fingerprint density at radius 3 is 2.91 bits per heavy atom. The van der Waals surface area contributed by atoms with Gasteiger partial charge in [0.25, 0.3) is 0 Å². The lowest BCUT2D eigenvalue weighted by atomic mass is 10.00.